The number of carbonyl (C=O) groups is 2. The molecule has 0 spiro atoms. The van der Waals surface area contributed by atoms with Crippen molar-refractivity contribution in [2.75, 3.05) is 13.7 Å². The molecule has 0 saturated heterocycles. The molecule has 0 aliphatic rings. The fourth-order valence-corrected chi connectivity index (χ4v) is 2.34. The highest BCUT2D eigenvalue weighted by atomic mass is 16.5. The highest BCUT2D eigenvalue weighted by Crippen LogP contribution is 2.19. The van der Waals surface area contributed by atoms with Crippen molar-refractivity contribution in [3.63, 3.8) is 0 Å². The number of ether oxygens (including phenoxy) is 1. The zero-order valence-electron chi connectivity index (χ0n) is 13.3. The number of esters is 1. The lowest BCUT2D eigenvalue weighted by Gasteiger charge is -2.14. The maximum absolute atomic E-state index is 12.6. The number of carbonyl (C=O) groups excluding carboxylic acids is 2. The van der Waals surface area contributed by atoms with Crippen molar-refractivity contribution < 1.29 is 19.4 Å². The van der Waals surface area contributed by atoms with Gasteiger partial charge in [-0.25, -0.2) is 4.79 Å². The summed E-state index contributed by atoms with van der Waals surface area (Å²) < 4.78 is 6.22. The summed E-state index contributed by atoms with van der Waals surface area (Å²) in [4.78, 5) is 24.2. The van der Waals surface area contributed by atoms with E-state index in [0.717, 1.165) is 12.8 Å². The average Bonchev–Trinajstić information content (AvgIpc) is 2.95. The third-order valence-electron chi connectivity index (χ3n) is 3.56. The van der Waals surface area contributed by atoms with Crippen molar-refractivity contribution in [1.29, 1.82) is 0 Å². The number of hydrogen-bond acceptors (Lipinski definition) is 5. The Morgan fingerprint density at radius 1 is 1.39 bits per heavy atom. The number of aliphatic hydroxyl groups is 1. The van der Waals surface area contributed by atoms with E-state index >= 15 is 0 Å². The maximum Gasteiger partial charge on any atom is 0.330 e. The molecule has 0 saturated carbocycles. The second-order valence-electron chi connectivity index (χ2n) is 5.17. The molecule has 7 nitrogen and oxygen atoms in total. The van der Waals surface area contributed by atoms with Crippen molar-refractivity contribution in [3.05, 3.63) is 30.0 Å². The third-order valence-corrected chi connectivity index (χ3v) is 3.56. The molecule has 23 heavy (non-hydrogen) atoms. The Kier molecular flexibility index (Phi) is 5.70. The highest BCUT2D eigenvalue weighted by Gasteiger charge is 2.25. The summed E-state index contributed by atoms with van der Waals surface area (Å²) in [5.41, 5.74) is 1.10. The number of methoxy groups -OCH3 is 1. The number of rotatable bonds is 7. The molecule has 2 N–H and O–H groups in total. The monoisotopic (exact) mass is 319 g/mol. The number of aromatic nitrogens is 2. The number of nitrogens with zero attached hydrogens (tertiary/aromatic N) is 2. The molecule has 2 aromatic rings. The Morgan fingerprint density at radius 2 is 2.13 bits per heavy atom. The number of amides is 1. The van der Waals surface area contributed by atoms with Gasteiger partial charge in [-0.3, -0.25) is 9.48 Å². The van der Waals surface area contributed by atoms with Gasteiger partial charge >= 0.3 is 5.97 Å². The molecule has 0 radical (unpaired) electrons. The minimum atomic E-state index is -1.10. The summed E-state index contributed by atoms with van der Waals surface area (Å²) in [5, 5.41) is 16.9. The van der Waals surface area contributed by atoms with Crippen LogP contribution in [0, 0.1) is 0 Å². The molecule has 1 atom stereocenters. The van der Waals surface area contributed by atoms with Gasteiger partial charge in [-0.1, -0.05) is 31.5 Å². The van der Waals surface area contributed by atoms with E-state index in [1.807, 2.05) is 24.3 Å². The normalized spacial score (nSPS) is 12.1. The van der Waals surface area contributed by atoms with Crippen LogP contribution in [-0.2, 0) is 16.1 Å². The molecule has 1 aromatic heterocycles. The molecule has 7 heteroatoms. The van der Waals surface area contributed by atoms with E-state index in [2.05, 4.69) is 22.1 Å². The molecular formula is C16H21N3O4. The van der Waals surface area contributed by atoms with Crippen LogP contribution in [-0.4, -0.2) is 46.5 Å². The predicted octanol–water partition coefficient (Wildman–Crippen LogP) is 1.10. The van der Waals surface area contributed by atoms with Gasteiger partial charge in [0.25, 0.3) is 5.91 Å². The summed E-state index contributed by atoms with van der Waals surface area (Å²) in [6.45, 7) is 2.14. The summed E-state index contributed by atoms with van der Waals surface area (Å²) in [7, 11) is 1.21. The SMILES string of the molecule is CCCCn1nc2ccccc2c1C(=O)N[C@H](CO)C(=O)OC. The first kappa shape index (κ1) is 17.0. The van der Waals surface area contributed by atoms with Crippen LogP contribution < -0.4 is 5.32 Å². The zero-order valence-corrected chi connectivity index (χ0v) is 13.3. The second kappa shape index (κ2) is 7.73. The van der Waals surface area contributed by atoms with Gasteiger partial charge in [0, 0.05) is 11.9 Å². The number of aliphatic hydroxyl groups excluding tert-OH is 1. The quantitative estimate of drug-likeness (QED) is 0.745. The summed E-state index contributed by atoms with van der Waals surface area (Å²) in [6, 6.07) is 6.23. The molecule has 1 amide bonds. The molecule has 124 valence electrons. The van der Waals surface area contributed by atoms with Crippen molar-refractivity contribution in [3.8, 4) is 0 Å². The van der Waals surface area contributed by atoms with Gasteiger partial charge < -0.3 is 15.2 Å². The maximum atomic E-state index is 12.6. The Balaban J connectivity index is 2.35. The fourth-order valence-electron chi connectivity index (χ4n) is 2.34. The largest absolute Gasteiger partial charge is 0.467 e. The Labute approximate surface area is 134 Å². The number of benzene rings is 1. The van der Waals surface area contributed by atoms with E-state index in [9.17, 15) is 14.7 Å². The first-order valence-electron chi connectivity index (χ1n) is 7.57. The molecule has 0 aliphatic heterocycles. The van der Waals surface area contributed by atoms with Gasteiger partial charge in [-0.05, 0) is 12.5 Å². The molecule has 0 fully saturated rings. The number of fused-ring (bicyclic) bond motifs is 1. The van der Waals surface area contributed by atoms with Crippen molar-refractivity contribution in [2.45, 2.75) is 32.4 Å². The highest BCUT2D eigenvalue weighted by molar-refractivity contribution is 6.06. The van der Waals surface area contributed by atoms with Gasteiger partial charge in [0.05, 0.1) is 19.2 Å². The summed E-state index contributed by atoms with van der Waals surface area (Å²) in [5.74, 6) is -1.15. The lowest BCUT2D eigenvalue weighted by molar-refractivity contribution is -0.143. The third kappa shape index (κ3) is 3.68. The van der Waals surface area contributed by atoms with Crippen molar-refractivity contribution in [2.24, 2.45) is 0 Å². The first-order chi connectivity index (χ1) is 11.1. The standard InChI is InChI=1S/C16H21N3O4/c1-3-4-9-19-14(11-7-5-6-8-12(11)18-19)15(21)17-13(10-20)16(22)23-2/h5-8,13,20H,3-4,9-10H2,1-2H3,(H,17,21)/t13-/m1/s1. The summed E-state index contributed by atoms with van der Waals surface area (Å²) >= 11 is 0. The van der Waals surface area contributed by atoms with Crippen molar-refractivity contribution >= 4 is 22.8 Å². The van der Waals surface area contributed by atoms with Crippen LogP contribution in [0.5, 0.6) is 0 Å². The number of nitrogens with one attached hydrogen (secondary N) is 1. The number of aryl methyl sites for hydroxylation is 1. The second-order valence-corrected chi connectivity index (χ2v) is 5.17. The molecule has 0 unspecified atom stereocenters. The molecule has 2 rings (SSSR count). The van der Waals surface area contributed by atoms with Crippen LogP contribution >= 0.6 is 0 Å². The Hall–Kier alpha value is -2.41. The minimum Gasteiger partial charge on any atom is -0.467 e. The molecule has 1 heterocycles. The smallest absolute Gasteiger partial charge is 0.330 e. The van der Waals surface area contributed by atoms with Crippen LogP contribution in [0.15, 0.2) is 24.3 Å². The molecule has 0 bridgehead atoms. The van der Waals surface area contributed by atoms with E-state index in [4.69, 9.17) is 0 Å². The van der Waals surface area contributed by atoms with Crippen LogP contribution in [0.4, 0.5) is 0 Å². The van der Waals surface area contributed by atoms with Gasteiger partial charge in [0.1, 0.15) is 5.69 Å². The van der Waals surface area contributed by atoms with Crippen LogP contribution in [0.25, 0.3) is 10.9 Å². The van der Waals surface area contributed by atoms with Gasteiger partial charge in [0.15, 0.2) is 6.04 Å². The van der Waals surface area contributed by atoms with E-state index in [-0.39, 0.29) is 0 Å². The van der Waals surface area contributed by atoms with E-state index < -0.39 is 24.5 Å². The predicted molar refractivity (Wildman–Crippen MR) is 85.0 cm³/mol. The van der Waals surface area contributed by atoms with Crippen LogP contribution in [0.3, 0.4) is 0 Å². The van der Waals surface area contributed by atoms with E-state index in [1.54, 1.807) is 4.68 Å². The van der Waals surface area contributed by atoms with Crippen LogP contribution in [0.1, 0.15) is 30.3 Å². The van der Waals surface area contributed by atoms with E-state index in [1.165, 1.54) is 7.11 Å². The number of hydrogen-bond donors (Lipinski definition) is 2. The topological polar surface area (TPSA) is 93.5 Å². The fraction of sp³-hybridized carbons (Fsp3) is 0.438. The molecule has 1 aromatic carbocycles. The average molecular weight is 319 g/mol. The van der Waals surface area contributed by atoms with Crippen molar-refractivity contribution in [1.82, 2.24) is 15.1 Å². The van der Waals surface area contributed by atoms with Gasteiger partial charge in [-0.15, -0.1) is 0 Å². The zero-order chi connectivity index (χ0) is 16.8. The lowest BCUT2D eigenvalue weighted by atomic mass is 10.2. The number of unbranched alkanes of at least 4 members (excludes halogenated alkanes) is 1. The lowest BCUT2D eigenvalue weighted by Crippen LogP contribution is -2.44. The Bertz CT molecular complexity index is 696. The molecule has 0 aliphatic carbocycles. The first-order valence-corrected chi connectivity index (χ1v) is 7.57. The summed E-state index contributed by atoms with van der Waals surface area (Å²) in [6.07, 6.45) is 1.85. The van der Waals surface area contributed by atoms with Gasteiger partial charge in [-0.2, -0.15) is 5.10 Å². The molecular weight excluding hydrogens is 298 g/mol. The Morgan fingerprint density at radius 3 is 2.78 bits per heavy atom. The van der Waals surface area contributed by atoms with Gasteiger partial charge in [0.2, 0.25) is 0 Å². The van der Waals surface area contributed by atoms with Crippen LogP contribution in [0.2, 0.25) is 0 Å². The minimum absolute atomic E-state index is 0.386. The van der Waals surface area contributed by atoms with E-state index in [0.29, 0.717) is 23.1 Å².